The fourth-order valence-electron chi connectivity index (χ4n) is 4.02. The number of carbonyl (C=O) groups excluding carboxylic acids is 2. The van der Waals surface area contributed by atoms with Crippen molar-refractivity contribution in [1.29, 1.82) is 0 Å². The summed E-state index contributed by atoms with van der Waals surface area (Å²) in [4.78, 5) is 27.4. The molecule has 0 aliphatic carbocycles. The lowest BCUT2D eigenvalue weighted by molar-refractivity contribution is -0.121. The van der Waals surface area contributed by atoms with E-state index in [0.29, 0.717) is 36.6 Å². The summed E-state index contributed by atoms with van der Waals surface area (Å²) < 4.78 is 13.2. The summed E-state index contributed by atoms with van der Waals surface area (Å²) in [5.74, 6) is -0.963. The summed E-state index contributed by atoms with van der Waals surface area (Å²) in [6, 6.07) is 19.3. The van der Waals surface area contributed by atoms with Gasteiger partial charge in [-0.05, 0) is 60.0 Å². The zero-order chi connectivity index (χ0) is 24.8. The molecular formula is C27H27FN4O3. The highest BCUT2D eigenvalue weighted by atomic mass is 19.1. The third kappa shape index (κ3) is 6.32. The largest absolute Gasteiger partial charge is 0.397 e. The number of para-hydroxylation sites is 2. The van der Waals surface area contributed by atoms with Gasteiger partial charge in [-0.3, -0.25) is 14.5 Å². The van der Waals surface area contributed by atoms with Gasteiger partial charge >= 0.3 is 0 Å². The predicted octanol–water partition coefficient (Wildman–Crippen LogP) is 3.81. The molecule has 5 N–H and O–H groups in total. The Labute approximate surface area is 203 Å². The average molecular weight is 475 g/mol. The molecule has 0 saturated carbocycles. The quantitative estimate of drug-likeness (QED) is 0.308. The number of β-amino-alcohol motifs (C(OH)–C–C–N with tert-alkyl or cyclic N) is 1. The van der Waals surface area contributed by atoms with Crippen molar-refractivity contribution in [2.75, 3.05) is 29.5 Å². The Morgan fingerprint density at radius 1 is 1.03 bits per heavy atom. The second-order valence-electron chi connectivity index (χ2n) is 8.41. The van der Waals surface area contributed by atoms with Gasteiger partial charge in [0.25, 0.3) is 0 Å². The standard InChI is InChI=1S/C27H27FN4O3/c28-20-10-12-21(13-11-20)30-27(35)26(32-16-15-22(33)17-32)19-8-5-18(6-9-19)7-14-25(34)31-24-4-2-1-3-23(24)29/h1-14,22,26,33H,15-17,29H2,(H,30,35)(H,31,34)/t22-,26?/m0/s1. The maximum absolute atomic E-state index is 13.2. The van der Waals surface area contributed by atoms with Crippen LogP contribution >= 0.6 is 0 Å². The molecule has 180 valence electrons. The number of nitrogens with zero attached hydrogens (tertiary/aromatic N) is 1. The topological polar surface area (TPSA) is 108 Å². The van der Waals surface area contributed by atoms with Crippen LogP contribution in [-0.2, 0) is 9.59 Å². The molecule has 8 heteroatoms. The van der Waals surface area contributed by atoms with Crippen LogP contribution in [0.3, 0.4) is 0 Å². The van der Waals surface area contributed by atoms with Gasteiger partial charge in [0.05, 0.1) is 17.5 Å². The van der Waals surface area contributed by atoms with E-state index in [2.05, 4.69) is 10.6 Å². The molecule has 1 aliphatic rings. The first-order valence-electron chi connectivity index (χ1n) is 11.3. The van der Waals surface area contributed by atoms with Crippen molar-refractivity contribution in [1.82, 2.24) is 4.90 Å². The fraction of sp³-hybridized carbons (Fsp3) is 0.185. The van der Waals surface area contributed by atoms with E-state index >= 15 is 0 Å². The molecule has 4 rings (SSSR count). The third-order valence-electron chi connectivity index (χ3n) is 5.82. The van der Waals surface area contributed by atoms with Crippen LogP contribution < -0.4 is 16.4 Å². The minimum Gasteiger partial charge on any atom is -0.397 e. The van der Waals surface area contributed by atoms with E-state index in [4.69, 9.17) is 5.73 Å². The van der Waals surface area contributed by atoms with Crippen molar-refractivity contribution in [2.24, 2.45) is 0 Å². The SMILES string of the molecule is Nc1ccccc1NC(=O)C=Cc1ccc(C(C(=O)Nc2ccc(F)cc2)N2CC[C@H](O)C2)cc1. The van der Waals surface area contributed by atoms with E-state index in [1.807, 2.05) is 29.2 Å². The molecule has 2 atom stereocenters. The van der Waals surface area contributed by atoms with Crippen LogP contribution in [0.1, 0.15) is 23.6 Å². The fourth-order valence-corrected chi connectivity index (χ4v) is 4.02. The summed E-state index contributed by atoms with van der Waals surface area (Å²) in [6.45, 7) is 0.957. The highest BCUT2D eigenvalue weighted by molar-refractivity contribution is 6.03. The van der Waals surface area contributed by atoms with E-state index < -0.39 is 12.1 Å². The van der Waals surface area contributed by atoms with Crippen LogP contribution in [0.4, 0.5) is 21.5 Å². The Morgan fingerprint density at radius 2 is 1.74 bits per heavy atom. The minimum absolute atomic E-state index is 0.270. The molecule has 2 amide bonds. The van der Waals surface area contributed by atoms with Gasteiger partial charge in [0.1, 0.15) is 11.9 Å². The first kappa shape index (κ1) is 24.1. The minimum atomic E-state index is -0.625. The van der Waals surface area contributed by atoms with Gasteiger partial charge in [-0.15, -0.1) is 0 Å². The summed E-state index contributed by atoms with van der Waals surface area (Å²) in [5.41, 5.74) is 8.90. The van der Waals surface area contributed by atoms with Gasteiger partial charge in [0, 0.05) is 24.9 Å². The summed E-state index contributed by atoms with van der Waals surface area (Å²) in [6.07, 6.45) is 3.18. The molecule has 0 aromatic heterocycles. The molecule has 1 heterocycles. The molecule has 7 nitrogen and oxygen atoms in total. The van der Waals surface area contributed by atoms with Crippen LogP contribution in [-0.4, -0.2) is 41.0 Å². The number of anilines is 3. The third-order valence-corrected chi connectivity index (χ3v) is 5.82. The maximum Gasteiger partial charge on any atom is 0.248 e. The van der Waals surface area contributed by atoms with Crippen LogP contribution in [0.15, 0.2) is 78.9 Å². The lowest BCUT2D eigenvalue weighted by Crippen LogP contribution is -2.36. The van der Waals surface area contributed by atoms with Gasteiger partial charge in [0.2, 0.25) is 11.8 Å². The van der Waals surface area contributed by atoms with Crippen LogP contribution in [0.5, 0.6) is 0 Å². The zero-order valence-corrected chi connectivity index (χ0v) is 19.0. The summed E-state index contributed by atoms with van der Waals surface area (Å²) in [7, 11) is 0. The number of rotatable bonds is 7. The molecule has 3 aromatic carbocycles. The predicted molar refractivity (Wildman–Crippen MR) is 135 cm³/mol. The molecule has 1 unspecified atom stereocenters. The molecule has 1 saturated heterocycles. The van der Waals surface area contributed by atoms with Crippen LogP contribution in [0, 0.1) is 5.82 Å². The van der Waals surface area contributed by atoms with E-state index in [1.54, 1.807) is 30.3 Å². The van der Waals surface area contributed by atoms with Crippen molar-refractivity contribution in [3.05, 3.63) is 95.8 Å². The van der Waals surface area contributed by atoms with E-state index in [9.17, 15) is 19.1 Å². The van der Waals surface area contributed by atoms with E-state index in [-0.39, 0.29) is 17.6 Å². The Balaban J connectivity index is 1.47. The number of halogens is 1. The summed E-state index contributed by atoms with van der Waals surface area (Å²) in [5, 5.41) is 15.6. The number of nitrogen functional groups attached to an aromatic ring is 1. The van der Waals surface area contributed by atoms with Gasteiger partial charge in [-0.2, -0.15) is 0 Å². The van der Waals surface area contributed by atoms with Crippen molar-refractivity contribution in [2.45, 2.75) is 18.6 Å². The highest BCUT2D eigenvalue weighted by Gasteiger charge is 2.33. The number of likely N-dealkylation sites (tertiary alicyclic amines) is 1. The van der Waals surface area contributed by atoms with Crippen molar-refractivity contribution < 1.29 is 19.1 Å². The highest BCUT2D eigenvalue weighted by Crippen LogP contribution is 2.27. The summed E-state index contributed by atoms with van der Waals surface area (Å²) >= 11 is 0. The number of nitrogens with two attached hydrogens (primary N) is 1. The Hall–Kier alpha value is -4.01. The lowest BCUT2D eigenvalue weighted by Gasteiger charge is -2.27. The second kappa shape index (κ2) is 10.9. The molecule has 35 heavy (non-hydrogen) atoms. The molecule has 1 fully saturated rings. The molecule has 0 spiro atoms. The van der Waals surface area contributed by atoms with Crippen molar-refractivity contribution in [3.8, 4) is 0 Å². The average Bonchev–Trinajstić information content (AvgIpc) is 3.27. The number of amides is 2. The van der Waals surface area contributed by atoms with Crippen LogP contribution in [0.2, 0.25) is 0 Å². The first-order valence-corrected chi connectivity index (χ1v) is 11.3. The number of aliphatic hydroxyl groups is 1. The van der Waals surface area contributed by atoms with Gasteiger partial charge < -0.3 is 21.5 Å². The first-order chi connectivity index (χ1) is 16.9. The Morgan fingerprint density at radius 3 is 2.40 bits per heavy atom. The zero-order valence-electron chi connectivity index (χ0n) is 19.0. The van der Waals surface area contributed by atoms with Crippen LogP contribution in [0.25, 0.3) is 6.08 Å². The normalized spacial score (nSPS) is 16.8. The molecule has 1 aliphatic heterocycles. The molecular weight excluding hydrogens is 447 g/mol. The number of hydrogen-bond acceptors (Lipinski definition) is 5. The van der Waals surface area contributed by atoms with E-state index in [0.717, 1.165) is 11.1 Å². The molecule has 0 bridgehead atoms. The van der Waals surface area contributed by atoms with Gasteiger partial charge in [-0.25, -0.2) is 4.39 Å². The number of benzene rings is 3. The van der Waals surface area contributed by atoms with Crippen molar-refractivity contribution in [3.63, 3.8) is 0 Å². The molecule has 0 radical (unpaired) electrons. The number of hydrogen-bond donors (Lipinski definition) is 4. The maximum atomic E-state index is 13.2. The second-order valence-corrected chi connectivity index (χ2v) is 8.41. The van der Waals surface area contributed by atoms with Gasteiger partial charge in [0.15, 0.2) is 0 Å². The smallest absolute Gasteiger partial charge is 0.248 e. The van der Waals surface area contributed by atoms with Gasteiger partial charge in [-0.1, -0.05) is 36.4 Å². The lowest BCUT2D eigenvalue weighted by atomic mass is 10.0. The number of aliphatic hydroxyl groups excluding tert-OH is 1. The Kier molecular flexibility index (Phi) is 7.54. The Bertz CT molecular complexity index is 1210. The molecule has 3 aromatic rings. The van der Waals surface area contributed by atoms with Crippen molar-refractivity contribution >= 4 is 35.0 Å². The monoisotopic (exact) mass is 474 g/mol. The van der Waals surface area contributed by atoms with E-state index in [1.165, 1.54) is 30.3 Å². The number of nitrogens with one attached hydrogen (secondary N) is 2. The number of carbonyl (C=O) groups is 2.